The van der Waals surface area contributed by atoms with Gasteiger partial charge in [0.25, 0.3) is 0 Å². The summed E-state index contributed by atoms with van der Waals surface area (Å²) in [6, 6.07) is -0.314. The fourth-order valence-corrected chi connectivity index (χ4v) is 2.38. The Morgan fingerprint density at radius 3 is 2.20 bits per heavy atom. The number of likely N-dealkylation sites (N-methyl/N-ethyl adjacent to an activating group) is 1. The molecule has 1 aliphatic heterocycles. The van der Waals surface area contributed by atoms with Crippen molar-refractivity contribution in [2.24, 2.45) is 5.41 Å². The van der Waals surface area contributed by atoms with E-state index in [4.69, 9.17) is 0 Å². The monoisotopic (exact) mass is 285 g/mol. The van der Waals surface area contributed by atoms with Gasteiger partial charge in [-0.05, 0) is 26.2 Å². The van der Waals surface area contributed by atoms with Gasteiger partial charge in [-0.3, -0.25) is 9.59 Å². The van der Waals surface area contributed by atoms with Crippen molar-refractivity contribution in [2.45, 2.75) is 33.1 Å². The highest BCUT2D eigenvalue weighted by atomic mass is 16.4. The van der Waals surface area contributed by atoms with E-state index in [1.54, 1.807) is 11.8 Å². The van der Waals surface area contributed by atoms with Crippen LogP contribution in [-0.2, 0) is 9.59 Å². The largest absolute Gasteiger partial charge is 0.481 e. The summed E-state index contributed by atoms with van der Waals surface area (Å²) >= 11 is 0. The Morgan fingerprint density at radius 1 is 1.15 bits per heavy atom. The zero-order valence-electron chi connectivity index (χ0n) is 12.1. The first-order valence-electron chi connectivity index (χ1n) is 6.98. The van der Waals surface area contributed by atoms with Crippen molar-refractivity contribution >= 4 is 17.9 Å². The van der Waals surface area contributed by atoms with E-state index in [1.165, 1.54) is 0 Å². The van der Waals surface area contributed by atoms with E-state index < -0.39 is 11.4 Å². The average Bonchev–Trinajstić information content (AvgIpc) is 2.45. The number of likely N-dealkylation sites (tertiary alicyclic amines) is 1. The molecule has 3 amide bonds. The highest BCUT2D eigenvalue weighted by Gasteiger charge is 2.40. The third-order valence-electron chi connectivity index (χ3n) is 3.91. The van der Waals surface area contributed by atoms with Gasteiger partial charge >= 0.3 is 12.0 Å². The van der Waals surface area contributed by atoms with E-state index in [9.17, 15) is 19.5 Å². The first kappa shape index (κ1) is 16.3. The van der Waals surface area contributed by atoms with E-state index >= 15 is 0 Å². The summed E-state index contributed by atoms with van der Waals surface area (Å²) in [4.78, 5) is 36.0. The minimum atomic E-state index is -0.789. The Hall–Kier alpha value is -1.79. The molecule has 114 valence electrons. The van der Waals surface area contributed by atoms with Crippen LogP contribution in [0.4, 0.5) is 4.79 Å². The van der Waals surface area contributed by atoms with Gasteiger partial charge < -0.3 is 20.6 Å². The summed E-state index contributed by atoms with van der Waals surface area (Å²) in [6.45, 7) is 4.94. The van der Waals surface area contributed by atoms with Crippen LogP contribution in [0.3, 0.4) is 0 Å². The predicted octanol–water partition coefficient (Wildman–Crippen LogP) is 0.409. The molecule has 1 fully saturated rings. The van der Waals surface area contributed by atoms with Gasteiger partial charge in [-0.25, -0.2) is 4.79 Å². The van der Waals surface area contributed by atoms with Crippen molar-refractivity contribution in [2.75, 3.05) is 26.2 Å². The maximum atomic E-state index is 11.9. The SMILES string of the molecule is CCNC(=O)CNC(=O)N1CCC(CC)(C(=O)O)CC1. The first-order chi connectivity index (χ1) is 9.45. The molecule has 1 saturated heterocycles. The van der Waals surface area contributed by atoms with E-state index in [0.717, 1.165) is 0 Å². The van der Waals surface area contributed by atoms with Gasteiger partial charge in [0.15, 0.2) is 0 Å². The molecule has 0 unspecified atom stereocenters. The van der Waals surface area contributed by atoms with Crippen LogP contribution < -0.4 is 10.6 Å². The Labute approximate surface area is 118 Å². The summed E-state index contributed by atoms with van der Waals surface area (Å²) in [6.07, 6.45) is 1.47. The molecular weight excluding hydrogens is 262 g/mol. The van der Waals surface area contributed by atoms with E-state index in [2.05, 4.69) is 10.6 Å². The normalized spacial score (nSPS) is 17.4. The number of urea groups is 1. The smallest absolute Gasteiger partial charge is 0.317 e. The number of piperidine rings is 1. The average molecular weight is 285 g/mol. The van der Waals surface area contributed by atoms with E-state index in [-0.39, 0.29) is 18.5 Å². The first-order valence-corrected chi connectivity index (χ1v) is 6.98. The number of rotatable bonds is 5. The second kappa shape index (κ2) is 7.12. The highest BCUT2D eigenvalue weighted by molar-refractivity contribution is 5.84. The number of carboxylic acid groups (broad SMARTS) is 1. The molecule has 0 aromatic rings. The number of nitrogens with zero attached hydrogens (tertiary/aromatic N) is 1. The van der Waals surface area contributed by atoms with Crippen molar-refractivity contribution in [1.82, 2.24) is 15.5 Å². The third kappa shape index (κ3) is 3.85. The van der Waals surface area contributed by atoms with Crippen molar-refractivity contribution in [3.8, 4) is 0 Å². The van der Waals surface area contributed by atoms with Gasteiger partial charge in [-0.2, -0.15) is 0 Å². The molecule has 1 aliphatic rings. The molecule has 1 heterocycles. The number of amides is 3. The molecule has 1 rings (SSSR count). The third-order valence-corrected chi connectivity index (χ3v) is 3.91. The van der Waals surface area contributed by atoms with Crippen LogP contribution >= 0.6 is 0 Å². The Kier molecular flexibility index (Phi) is 5.79. The fourth-order valence-electron chi connectivity index (χ4n) is 2.38. The summed E-state index contributed by atoms with van der Waals surface area (Å²) in [7, 11) is 0. The Bertz CT molecular complexity index is 376. The maximum Gasteiger partial charge on any atom is 0.317 e. The molecule has 7 heteroatoms. The number of hydrogen-bond acceptors (Lipinski definition) is 3. The minimum absolute atomic E-state index is 0.0545. The van der Waals surface area contributed by atoms with Crippen LogP contribution in [0.25, 0.3) is 0 Å². The number of hydrogen-bond donors (Lipinski definition) is 3. The van der Waals surface area contributed by atoms with Crippen molar-refractivity contribution in [1.29, 1.82) is 0 Å². The molecule has 0 radical (unpaired) electrons. The lowest BCUT2D eigenvalue weighted by Gasteiger charge is -2.38. The van der Waals surface area contributed by atoms with Crippen LogP contribution in [0.2, 0.25) is 0 Å². The van der Waals surface area contributed by atoms with Crippen LogP contribution in [0.1, 0.15) is 33.1 Å². The molecule has 20 heavy (non-hydrogen) atoms. The molecule has 0 aromatic heterocycles. The quantitative estimate of drug-likeness (QED) is 0.681. The summed E-state index contributed by atoms with van der Waals surface area (Å²) in [5.41, 5.74) is -0.712. The zero-order chi connectivity index (χ0) is 15.2. The molecule has 0 spiro atoms. The van der Waals surface area contributed by atoms with Crippen molar-refractivity contribution in [3.05, 3.63) is 0 Å². The fraction of sp³-hybridized carbons (Fsp3) is 0.769. The molecule has 0 aliphatic carbocycles. The van der Waals surface area contributed by atoms with Crippen LogP contribution in [-0.4, -0.2) is 54.1 Å². The van der Waals surface area contributed by atoms with Gasteiger partial charge in [0.1, 0.15) is 0 Å². The topological polar surface area (TPSA) is 98.7 Å². The molecule has 3 N–H and O–H groups in total. The molecule has 0 saturated carbocycles. The van der Waals surface area contributed by atoms with Gasteiger partial charge in [0.05, 0.1) is 12.0 Å². The predicted molar refractivity (Wildman–Crippen MR) is 73.2 cm³/mol. The van der Waals surface area contributed by atoms with Crippen LogP contribution in [0.15, 0.2) is 0 Å². The Balaban J connectivity index is 2.43. The van der Waals surface area contributed by atoms with Gasteiger partial charge in [-0.1, -0.05) is 6.92 Å². The van der Waals surface area contributed by atoms with Crippen molar-refractivity contribution in [3.63, 3.8) is 0 Å². The summed E-state index contributed by atoms with van der Waals surface area (Å²) in [5.74, 6) is -1.02. The molecule has 0 aromatic carbocycles. The lowest BCUT2D eigenvalue weighted by atomic mass is 9.76. The van der Waals surface area contributed by atoms with E-state index in [1.807, 2.05) is 6.92 Å². The van der Waals surface area contributed by atoms with Gasteiger partial charge in [0, 0.05) is 19.6 Å². The number of carbonyl (C=O) groups excluding carboxylic acids is 2. The molecule has 7 nitrogen and oxygen atoms in total. The number of carboxylic acids is 1. The second-order valence-corrected chi connectivity index (χ2v) is 5.04. The standard InChI is InChI=1S/C13H23N3O4/c1-3-13(11(18)19)5-7-16(8-6-13)12(20)15-9-10(17)14-4-2/h3-9H2,1-2H3,(H,14,17)(H,15,20)(H,18,19). The Morgan fingerprint density at radius 2 is 1.75 bits per heavy atom. The minimum Gasteiger partial charge on any atom is -0.481 e. The summed E-state index contributed by atoms with van der Waals surface area (Å²) in [5, 5.41) is 14.4. The van der Waals surface area contributed by atoms with Gasteiger partial charge in [-0.15, -0.1) is 0 Å². The van der Waals surface area contributed by atoms with Gasteiger partial charge in [0.2, 0.25) is 5.91 Å². The number of nitrogens with one attached hydrogen (secondary N) is 2. The lowest BCUT2D eigenvalue weighted by Crippen LogP contribution is -2.50. The van der Waals surface area contributed by atoms with Crippen molar-refractivity contribution < 1.29 is 19.5 Å². The molecule has 0 bridgehead atoms. The lowest BCUT2D eigenvalue weighted by molar-refractivity contribution is -0.151. The molecule has 0 atom stereocenters. The van der Waals surface area contributed by atoms with Crippen LogP contribution in [0, 0.1) is 5.41 Å². The zero-order valence-corrected chi connectivity index (χ0v) is 12.1. The highest BCUT2D eigenvalue weighted by Crippen LogP contribution is 2.35. The number of aliphatic carboxylic acids is 1. The summed E-state index contributed by atoms with van der Waals surface area (Å²) < 4.78 is 0. The van der Waals surface area contributed by atoms with E-state index in [0.29, 0.717) is 38.9 Å². The molecular formula is C13H23N3O4. The number of carbonyl (C=O) groups is 3. The van der Waals surface area contributed by atoms with Crippen LogP contribution in [0.5, 0.6) is 0 Å². The maximum absolute atomic E-state index is 11.9. The second-order valence-electron chi connectivity index (χ2n) is 5.04.